The van der Waals surface area contributed by atoms with Gasteiger partial charge in [0.15, 0.2) is 0 Å². The number of amides is 1. The van der Waals surface area contributed by atoms with Crippen LogP contribution in [0.3, 0.4) is 0 Å². The lowest BCUT2D eigenvalue weighted by Crippen LogP contribution is -2.29. The lowest BCUT2D eigenvalue weighted by Gasteiger charge is -2.26. The van der Waals surface area contributed by atoms with Crippen LogP contribution in [0, 0.1) is 5.95 Å². The zero-order valence-electron chi connectivity index (χ0n) is 17.6. The van der Waals surface area contributed by atoms with Crippen molar-refractivity contribution in [2.24, 2.45) is 4.99 Å². The normalized spacial score (nSPS) is 20.5. The number of hydrogen-bond donors (Lipinski definition) is 3. The highest BCUT2D eigenvalue weighted by Crippen LogP contribution is 2.36. The van der Waals surface area contributed by atoms with Crippen LogP contribution >= 0.6 is 0 Å². The van der Waals surface area contributed by atoms with Crippen LogP contribution in [-0.2, 0) is 16.0 Å². The topological polar surface area (TPSA) is 151 Å². The fourth-order valence-corrected chi connectivity index (χ4v) is 3.84. The molecule has 2 atom stereocenters. The molecule has 0 spiro atoms. The number of carboxylic acid groups (broad SMARTS) is 1. The molecule has 0 saturated heterocycles. The molecular weight excluding hydrogens is 433 g/mol. The highest BCUT2D eigenvalue weighted by molar-refractivity contribution is 5.89. The van der Waals surface area contributed by atoms with Gasteiger partial charge in [-0.1, -0.05) is 17.3 Å². The van der Waals surface area contributed by atoms with E-state index in [0.717, 1.165) is 0 Å². The Kier molecular flexibility index (Phi) is 6.68. The summed E-state index contributed by atoms with van der Waals surface area (Å²) in [4.78, 5) is 36.1. The molecule has 3 heterocycles. The van der Waals surface area contributed by atoms with Gasteiger partial charge in [-0.05, 0) is 37.7 Å². The summed E-state index contributed by atoms with van der Waals surface area (Å²) in [5, 5.41) is 25.6. The van der Waals surface area contributed by atoms with Crippen molar-refractivity contribution in [3.05, 3.63) is 58.9 Å². The fourth-order valence-electron chi connectivity index (χ4n) is 3.84. The molecular formula is C22H22FN5O5. The molecule has 1 aliphatic carbocycles. The van der Waals surface area contributed by atoms with Gasteiger partial charge < -0.3 is 20.1 Å². The number of nitrogens with zero attached hydrogens (tertiary/aromatic N) is 4. The molecule has 2 aliphatic rings. The molecule has 1 amide bonds. The van der Waals surface area contributed by atoms with E-state index < -0.39 is 18.0 Å². The largest absolute Gasteiger partial charge is 0.478 e. The zero-order valence-corrected chi connectivity index (χ0v) is 17.6. The predicted octanol–water partition coefficient (Wildman–Crippen LogP) is 2.14. The van der Waals surface area contributed by atoms with E-state index in [4.69, 9.17) is 4.52 Å². The SMILES string of the molecule is O=C(CCc1nc(C2=CCC(O)C=N2)no1)NC1=C(C(=O)O)CC(c2cccnc2F)CC1. The van der Waals surface area contributed by atoms with Gasteiger partial charge in [0.2, 0.25) is 23.6 Å². The van der Waals surface area contributed by atoms with Crippen LogP contribution in [0.15, 0.2) is 45.2 Å². The second-order valence-electron chi connectivity index (χ2n) is 7.82. The van der Waals surface area contributed by atoms with E-state index in [-0.39, 0.29) is 48.4 Å². The van der Waals surface area contributed by atoms with Crippen molar-refractivity contribution in [3.8, 4) is 0 Å². The molecule has 0 saturated carbocycles. The number of aliphatic hydroxyl groups excluding tert-OH is 1. The van der Waals surface area contributed by atoms with Crippen LogP contribution in [0.4, 0.5) is 4.39 Å². The molecule has 2 aromatic rings. The minimum absolute atomic E-state index is 0.0136. The molecule has 0 bridgehead atoms. The van der Waals surface area contributed by atoms with E-state index in [1.165, 1.54) is 12.4 Å². The number of carboxylic acids is 1. The molecule has 172 valence electrons. The molecule has 1 aliphatic heterocycles. The summed E-state index contributed by atoms with van der Waals surface area (Å²) in [5.74, 6) is -1.94. The van der Waals surface area contributed by atoms with Crippen molar-refractivity contribution in [2.45, 2.75) is 50.5 Å². The van der Waals surface area contributed by atoms with Gasteiger partial charge in [-0.2, -0.15) is 9.37 Å². The minimum atomic E-state index is -1.15. The number of hydrogen-bond acceptors (Lipinski definition) is 8. The standard InChI is InChI=1S/C22H22FN5O5/c23-20-14(2-1-9-24-20)12-3-5-16(15(10-12)22(31)32)26-18(30)7-8-19-27-21(28-33-19)17-6-4-13(29)11-25-17/h1-2,6,9,11-13,29H,3-5,7-8,10H2,(H,26,30)(H,31,32). The van der Waals surface area contributed by atoms with Crippen molar-refractivity contribution >= 4 is 23.8 Å². The lowest BCUT2D eigenvalue weighted by atomic mass is 9.82. The molecule has 33 heavy (non-hydrogen) atoms. The van der Waals surface area contributed by atoms with Gasteiger partial charge >= 0.3 is 5.97 Å². The Bertz CT molecular complexity index is 1160. The van der Waals surface area contributed by atoms with Gasteiger partial charge in [0.25, 0.3) is 0 Å². The van der Waals surface area contributed by atoms with Gasteiger partial charge in [0.1, 0.15) is 5.70 Å². The number of rotatable bonds is 7. The molecule has 4 rings (SSSR count). The molecule has 0 aromatic carbocycles. The number of aliphatic hydroxyl groups is 1. The first-order chi connectivity index (χ1) is 15.9. The second-order valence-corrected chi connectivity index (χ2v) is 7.82. The molecule has 0 radical (unpaired) electrons. The number of halogens is 1. The maximum absolute atomic E-state index is 14.0. The summed E-state index contributed by atoms with van der Waals surface area (Å²) in [6.45, 7) is 0. The molecule has 11 heteroatoms. The van der Waals surface area contributed by atoms with Crippen LogP contribution in [0.1, 0.15) is 55.3 Å². The average molecular weight is 455 g/mol. The fraction of sp³-hybridized carbons (Fsp3) is 0.364. The number of aliphatic carboxylic acids is 1. The quantitative estimate of drug-likeness (QED) is 0.537. The minimum Gasteiger partial charge on any atom is -0.478 e. The second kappa shape index (κ2) is 9.82. The number of carbonyl (C=O) groups excluding carboxylic acids is 1. The summed E-state index contributed by atoms with van der Waals surface area (Å²) in [5.41, 5.74) is 1.25. The molecule has 2 aromatic heterocycles. The smallest absolute Gasteiger partial charge is 0.333 e. The van der Waals surface area contributed by atoms with Gasteiger partial charge in [0, 0.05) is 36.5 Å². The van der Waals surface area contributed by atoms with Crippen LogP contribution in [0.2, 0.25) is 0 Å². The third kappa shape index (κ3) is 5.37. The number of aryl methyl sites for hydroxylation is 1. The Morgan fingerprint density at radius 3 is 2.91 bits per heavy atom. The van der Waals surface area contributed by atoms with Crippen molar-refractivity contribution in [2.75, 3.05) is 0 Å². The molecule has 10 nitrogen and oxygen atoms in total. The van der Waals surface area contributed by atoms with E-state index in [1.54, 1.807) is 18.2 Å². The Hall–Kier alpha value is -3.73. The van der Waals surface area contributed by atoms with Crippen LogP contribution < -0.4 is 5.32 Å². The van der Waals surface area contributed by atoms with Gasteiger partial charge in [-0.15, -0.1) is 0 Å². The first kappa shape index (κ1) is 22.5. The van der Waals surface area contributed by atoms with E-state index in [1.807, 2.05) is 0 Å². The first-order valence-corrected chi connectivity index (χ1v) is 10.5. The maximum Gasteiger partial charge on any atom is 0.333 e. The number of nitrogens with one attached hydrogen (secondary N) is 1. The predicted molar refractivity (Wildman–Crippen MR) is 113 cm³/mol. The van der Waals surface area contributed by atoms with Gasteiger partial charge in [-0.25, -0.2) is 9.78 Å². The zero-order chi connectivity index (χ0) is 23.4. The Labute approximate surface area is 187 Å². The Morgan fingerprint density at radius 2 is 2.18 bits per heavy atom. The maximum atomic E-state index is 14.0. The van der Waals surface area contributed by atoms with Gasteiger partial charge in [0.05, 0.1) is 11.7 Å². The van der Waals surface area contributed by atoms with Crippen molar-refractivity contribution in [1.29, 1.82) is 0 Å². The van der Waals surface area contributed by atoms with Crippen molar-refractivity contribution < 1.29 is 28.7 Å². The lowest BCUT2D eigenvalue weighted by molar-refractivity contribution is -0.133. The number of pyridine rings is 1. The van der Waals surface area contributed by atoms with E-state index in [2.05, 4.69) is 25.4 Å². The third-order valence-corrected chi connectivity index (χ3v) is 5.54. The van der Waals surface area contributed by atoms with Crippen molar-refractivity contribution in [1.82, 2.24) is 20.4 Å². The van der Waals surface area contributed by atoms with Crippen LogP contribution in [0.25, 0.3) is 5.70 Å². The summed E-state index contributed by atoms with van der Waals surface area (Å²) in [7, 11) is 0. The van der Waals surface area contributed by atoms with Crippen LogP contribution in [-0.4, -0.2) is 49.5 Å². The number of allylic oxidation sites excluding steroid dienone is 1. The van der Waals surface area contributed by atoms with E-state index in [0.29, 0.717) is 36.2 Å². The summed E-state index contributed by atoms with van der Waals surface area (Å²) in [6, 6.07) is 3.22. The number of carbonyl (C=O) groups is 2. The Balaban J connectivity index is 1.37. The summed E-state index contributed by atoms with van der Waals surface area (Å²) < 4.78 is 19.2. The number of aliphatic imine (C=N–C) groups is 1. The highest BCUT2D eigenvalue weighted by Gasteiger charge is 2.29. The van der Waals surface area contributed by atoms with Crippen molar-refractivity contribution in [3.63, 3.8) is 0 Å². The van der Waals surface area contributed by atoms with Crippen LogP contribution in [0.5, 0.6) is 0 Å². The number of aromatic nitrogens is 3. The molecule has 3 N–H and O–H groups in total. The highest BCUT2D eigenvalue weighted by atomic mass is 19.1. The van der Waals surface area contributed by atoms with E-state index >= 15 is 0 Å². The molecule has 2 unspecified atom stereocenters. The third-order valence-electron chi connectivity index (χ3n) is 5.54. The average Bonchev–Trinajstić information content (AvgIpc) is 3.28. The first-order valence-electron chi connectivity index (χ1n) is 10.5. The van der Waals surface area contributed by atoms with E-state index in [9.17, 15) is 24.2 Å². The summed E-state index contributed by atoms with van der Waals surface area (Å²) in [6.07, 6.45) is 5.28. The molecule has 0 fully saturated rings. The Morgan fingerprint density at radius 1 is 1.33 bits per heavy atom. The monoisotopic (exact) mass is 455 g/mol. The summed E-state index contributed by atoms with van der Waals surface area (Å²) >= 11 is 0. The van der Waals surface area contributed by atoms with Gasteiger partial charge in [-0.3, -0.25) is 9.79 Å².